The molecule has 4 aromatic carbocycles. The van der Waals surface area contributed by atoms with Gasteiger partial charge >= 0.3 is 5.97 Å². The predicted octanol–water partition coefficient (Wildman–Crippen LogP) is 7.31. The number of fused-ring (bicyclic) bond motifs is 6. The number of anilines is 3. The summed E-state index contributed by atoms with van der Waals surface area (Å²) < 4.78 is 18.5. The monoisotopic (exact) mass is 532 g/mol. The van der Waals surface area contributed by atoms with E-state index >= 15 is 0 Å². The molecule has 0 bridgehead atoms. The molecule has 7 rings (SSSR count). The number of hydrogen-bond acceptors (Lipinski definition) is 6. The number of nitrogens with one attached hydrogen (secondary N) is 1. The fraction of sp³-hybridized carbons (Fsp3) is 0.265. The predicted molar refractivity (Wildman–Crippen MR) is 156 cm³/mol. The number of likely N-dealkylation sites (N-methyl/N-ethyl adjacent to an activating group) is 1. The highest BCUT2D eigenvalue weighted by molar-refractivity contribution is 5.97. The molecular formula is C34H32N2O4. The topological polar surface area (TPSA) is 60.0 Å². The number of benzene rings is 4. The number of carbonyl (C=O) groups is 1. The SMILES string of the molecule is CCN(CC1CCCO1)c1ccc(C)c(Nc2ccc3c(c2)C2(OC(=O)c4ccccc42)c2ccccc2O3)c1. The number of rotatable bonds is 6. The molecule has 2 unspecified atom stereocenters. The van der Waals surface area contributed by atoms with E-state index in [9.17, 15) is 4.79 Å². The lowest BCUT2D eigenvalue weighted by atomic mass is 9.77. The van der Waals surface area contributed by atoms with Crippen LogP contribution in [0.2, 0.25) is 0 Å². The average molecular weight is 533 g/mol. The van der Waals surface area contributed by atoms with Gasteiger partial charge in [0.25, 0.3) is 0 Å². The van der Waals surface area contributed by atoms with Crippen LogP contribution in [-0.4, -0.2) is 31.8 Å². The largest absolute Gasteiger partial charge is 0.456 e. The maximum Gasteiger partial charge on any atom is 0.340 e. The average Bonchev–Trinajstić information content (AvgIpc) is 3.60. The molecule has 2 atom stereocenters. The Morgan fingerprint density at radius 1 is 0.925 bits per heavy atom. The van der Waals surface area contributed by atoms with Gasteiger partial charge in [0.15, 0.2) is 5.60 Å². The summed E-state index contributed by atoms with van der Waals surface area (Å²) >= 11 is 0. The number of para-hydroxylation sites is 1. The van der Waals surface area contributed by atoms with Gasteiger partial charge in [-0.15, -0.1) is 0 Å². The molecule has 0 radical (unpaired) electrons. The Bertz CT molecular complexity index is 1610. The number of nitrogens with zero attached hydrogens (tertiary/aromatic N) is 1. The van der Waals surface area contributed by atoms with Crippen LogP contribution in [0.4, 0.5) is 17.1 Å². The molecule has 40 heavy (non-hydrogen) atoms. The zero-order chi connectivity index (χ0) is 27.3. The Hall–Kier alpha value is -4.29. The van der Waals surface area contributed by atoms with Crippen LogP contribution < -0.4 is 15.0 Å². The molecule has 1 N–H and O–H groups in total. The van der Waals surface area contributed by atoms with Crippen LogP contribution in [0.25, 0.3) is 0 Å². The van der Waals surface area contributed by atoms with Crippen molar-refractivity contribution in [2.45, 2.75) is 38.4 Å². The van der Waals surface area contributed by atoms with E-state index in [0.717, 1.165) is 71.9 Å². The lowest BCUT2D eigenvalue weighted by molar-refractivity contribution is 0.0224. The highest BCUT2D eigenvalue weighted by Crippen LogP contribution is 2.56. The molecule has 6 nitrogen and oxygen atoms in total. The molecule has 3 aliphatic rings. The van der Waals surface area contributed by atoms with Gasteiger partial charge in [-0.2, -0.15) is 0 Å². The summed E-state index contributed by atoms with van der Waals surface area (Å²) in [5, 5.41) is 3.65. The highest BCUT2D eigenvalue weighted by atomic mass is 16.6. The van der Waals surface area contributed by atoms with Gasteiger partial charge in [-0.05, 0) is 74.7 Å². The number of aryl methyl sites for hydroxylation is 1. The van der Waals surface area contributed by atoms with E-state index in [1.165, 1.54) is 0 Å². The van der Waals surface area contributed by atoms with Gasteiger partial charge in [0, 0.05) is 53.4 Å². The number of carbonyl (C=O) groups excluding carboxylic acids is 1. The molecule has 3 heterocycles. The lowest BCUT2D eigenvalue weighted by Gasteiger charge is -2.36. The zero-order valence-corrected chi connectivity index (χ0v) is 22.8. The van der Waals surface area contributed by atoms with Crippen molar-refractivity contribution in [3.8, 4) is 11.5 Å². The van der Waals surface area contributed by atoms with Crippen molar-refractivity contribution in [3.63, 3.8) is 0 Å². The van der Waals surface area contributed by atoms with E-state index in [4.69, 9.17) is 14.2 Å². The summed E-state index contributed by atoms with van der Waals surface area (Å²) in [4.78, 5) is 15.5. The molecule has 1 fully saturated rings. The van der Waals surface area contributed by atoms with Crippen molar-refractivity contribution >= 4 is 23.0 Å². The van der Waals surface area contributed by atoms with Crippen LogP contribution in [0.3, 0.4) is 0 Å². The van der Waals surface area contributed by atoms with Crippen LogP contribution in [0.15, 0.2) is 84.9 Å². The van der Waals surface area contributed by atoms with E-state index in [-0.39, 0.29) is 12.1 Å². The van der Waals surface area contributed by atoms with Gasteiger partial charge in [0.1, 0.15) is 11.5 Å². The molecule has 3 aliphatic heterocycles. The third kappa shape index (κ3) is 3.94. The Morgan fingerprint density at radius 2 is 1.73 bits per heavy atom. The lowest BCUT2D eigenvalue weighted by Crippen LogP contribution is -2.33. The molecule has 6 heteroatoms. The summed E-state index contributed by atoms with van der Waals surface area (Å²) in [6, 6.07) is 28.0. The first-order chi connectivity index (χ1) is 19.6. The minimum Gasteiger partial charge on any atom is -0.456 e. The van der Waals surface area contributed by atoms with Crippen molar-refractivity contribution in [1.29, 1.82) is 0 Å². The van der Waals surface area contributed by atoms with E-state index < -0.39 is 5.60 Å². The number of ether oxygens (including phenoxy) is 3. The summed E-state index contributed by atoms with van der Waals surface area (Å²) in [7, 11) is 0. The van der Waals surface area contributed by atoms with Crippen LogP contribution in [0, 0.1) is 6.92 Å². The van der Waals surface area contributed by atoms with Crippen LogP contribution in [0.5, 0.6) is 11.5 Å². The van der Waals surface area contributed by atoms with Crippen molar-refractivity contribution in [2.75, 3.05) is 29.9 Å². The number of hydrogen-bond donors (Lipinski definition) is 1. The minimum absolute atomic E-state index is 0.286. The van der Waals surface area contributed by atoms with Crippen molar-refractivity contribution in [1.82, 2.24) is 0 Å². The normalized spacial score (nSPS) is 20.4. The summed E-state index contributed by atoms with van der Waals surface area (Å²) in [6.45, 7) is 6.95. The summed E-state index contributed by atoms with van der Waals surface area (Å²) in [5.74, 6) is 1.04. The van der Waals surface area contributed by atoms with Gasteiger partial charge < -0.3 is 24.4 Å². The Kier molecular flexibility index (Phi) is 6.01. The second kappa shape index (κ2) is 9.72. The smallest absolute Gasteiger partial charge is 0.340 e. The molecule has 4 aromatic rings. The Labute approximate surface area is 234 Å². The van der Waals surface area contributed by atoms with Crippen molar-refractivity contribution < 1.29 is 19.0 Å². The van der Waals surface area contributed by atoms with Gasteiger partial charge in [-0.3, -0.25) is 0 Å². The highest BCUT2D eigenvalue weighted by Gasteiger charge is 2.53. The quantitative estimate of drug-likeness (QED) is 0.263. The molecule has 1 spiro atoms. The molecule has 202 valence electrons. The molecular weight excluding hydrogens is 500 g/mol. The van der Waals surface area contributed by atoms with Crippen molar-refractivity contribution in [3.05, 3.63) is 113 Å². The molecule has 0 aromatic heterocycles. The second-order valence-corrected chi connectivity index (χ2v) is 10.7. The molecule has 0 saturated carbocycles. The third-order valence-electron chi connectivity index (χ3n) is 8.31. The van der Waals surface area contributed by atoms with Crippen molar-refractivity contribution in [2.24, 2.45) is 0 Å². The van der Waals surface area contributed by atoms with Gasteiger partial charge in [-0.25, -0.2) is 4.79 Å². The first kappa shape index (κ1) is 24.7. The second-order valence-electron chi connectivity index (χ2n) is 10.7. The first-order valence-corrected chi connectivity index (χ1v) is 14.1. The van der Waals surface area contributed by atoms with Crippen LogP contribution >= 0.6 is 0 Å². The van der Waals surface area contributed by atoms with Gasteiger partial charge in [0.05, 0.1) is 11.7 Å². The number of esters is 1. The van der Waals surface area contributed by atoms with E-state index in [1.54, 1.807) is 0 Å². The zero-order valence-electron chi connectivity index (χ0n) is 22.8. The maximum absolute atomic E-state index is 13.1. The maximum atomic E-state index is 13.1. The van der Waals surface area contributed by atoms with E-state index in [0.29, 0.717) is 17.1 Å². The Balaban J connectivity index is 1.28. The molecule has 1 saturated heterocycles. The van der Waals surface area contributed by atoms with Gasteiger partial charge in [-0.1, -0.05) is 42.5 Å². The standard InChI is InChI=1S/C34H32N2O4/c1-3-36(21-25-9-8-18-38-25)24-16-14-22(2)30(20-24)35-23-15-17-32-29(19-23)34(28-12-6-7-13-31(28)39-32)27-11-5-4-10-26(27)33(37)40-34/h4-7,10-17,19-20,25,35H,3,8-9,18,21H2,1-2H3. The van der Waals surface area contributed by atoms with Crippen LogP contribution in [0.1, 0.15) is 52.4 Å². The third-order valence-corrected chi connectivity index (χ3v) is 8.31. The summed E-state index contributed by atoms with van der Waals surface area (Å²) in [6.07, 6.45) is 2.54. The van der Waals surface area contributed by atoms with E-state index in [1.807, 2.05) is 60.7 Å². The molecule has 0 amide bonds. The van der Waals surface area contributed by atoms with E-state index in [2.05, 4.69) is 48.3 Å². The Morgan fingerprint density at radius 3 is 2.55 bits per heavy atom. The fourth-order valence-electron chi connectivity index (χ4n) is 6.25. The first-order valence-electron chi connectivity index (χ1n) is 14.1. The fourth-order valence-corrected chi connectivity index (χ4v) is 6.25. The van der Waals surface area contributed by atoms with Crippen LogP contribution in [-0.2, 0) is 15.1 Å². The summed E-state index contributed by atoms with van der Waals surface area (Å²) in [5.41, 5.74) is 6.19. The van der Waals surface area contributed by atoms with Gasteiger partial charge in [0.2, 0.25) is 0 Å². The minimum atomic E-state index is -1.08. The molecule has 0 aliphatic carbocycles.